The highest BCUT2D eigenvalue weighted by molar-refractivity contribution is 5.94. The van der Waals surface area contributed by atoms with Crippen molar-refractivity contribution in [3.05, 3.63) is 5.82 Å². The van der Waals surface area contributed by atoms with Crippen LogP contribution in [0.4, 0.5) is 4.79 Å². The van der Waals surface area contributed by atoms with Crippen LogP contribution in [-0.2, 0) is 16.1 Å². The summed E-state index contributed by atoms with van der Waals surface area (Å²) in [6.07, 6.45) is -0.0507. The van der Waals surface area contributed by atoms with Gasteiger partial charge in [0.2, 0.25) is 5.91 Å². The fourth-order valence-corrected chi connectivity index (χ4v) is 1.16. The van der Waals surface area contributed by atoms with Crippen molar-refractivity contribution in [1.82, 2.24) is 30.8 Å². The second-order valence-electron chi connectivity index (χ2n) is 3.32. The molecule has 0 aliphatic carbocycles. The Labute approximate surface area is 108 Å². The van der Waals surface area contributed by atoms with Crippen LogP contribution in [0.2, 0.25) is 0 Å². The topological polar surface area (TPSA) is 128 Å². The lowest BCUT2D eigenvalue weighted by atomic mass is 10.4. The Morgan fingerprint density at radius 1 is 1.37 bits per heavy atom. The molecule has 10 heteroatoms. The minimum absolute atomic E-state index is 0.0507. The van der Waals surface area contributed by atoms with Crippen molar-refractivity contribution in [2.45, 2.75) is 19.9 Å². The van der Waals surface area contributed by atoms with E-state index in [-0.39, 0.29) is 25.4 Å². The molecule has 0 aliphatic rings. The summed E-state index contributed by atoms with van der Waals surface area (Å²) in [4.78, 5) is 33.7. The van der Waals surface area contributed by atoms with Crippen LogP contribution in [0.15, 0.2) is 0 Å². The van der Waals surface area contributed by atoms with Gasteiger partial charge in [-0.3, -0.25) is 10.1 Å². The molecule has 0 saturated heterocycles. The Balaban J connectivity index is 2.54. The molecular weight excluding hydrogens is 256 g/mol. The van der Waals surface area contributed by atoms with Crippen LogP contribution >= 0.6 is 0 Å². The highest BCUT2D eigenvalue weighted by Crippen LogP contribution is 1.97. The molecule has 1 aromatic heterocycles. The number of esters is 1. The van der Waals surface area contributed by atoms with Gasteiger partial charge in [-0.2, -0.15) is 0 Å². The summed E-state index contributed by atoms with van der Waals surface area (Å²) in [5, 5.41) is 14.7. The average molecular weight is 270 g/mol. The van der Waals surface area contributed by atoms with E-state index in [1.807, 2.05) is 0 Å². The highest BCUT2D eigenvalue weighted by Gasteiger charge is 2.17. The predicted molar refractivity (Wildman–Crippen MR) is 61.0 cm³/mol. The fraction of sp³-hybridized carbons (Fsp3) is 0.556. The molecule has 0 fully saturated rings. The van der Waals surface area contributed by atoms with E-state index in [2.05, 4.69) is 26.2 Å². The first-order valence-electron chi connectivity index (χ1n) is 5.53. The quantitative estimate of drug-likeness (QED) is 0.636. The normalized spacial score (nSPS) is 9.79. The van der Waals surface area contributed by atoms with E-state index in [1.54, 1.807) is 6.92 Å². The van der Waals surface area contributed by atoms with Gasteiger partial charge in [0.15, 0.2) is 0 Å². The van der Waals surface area contributed by atoms with Crippen LogP contribution in [0, 0.1) is 0 Å². The lowest BCUT2D eigenvalue weighted by Crippen LogP contribution is -2.37. The number of carbonyl (C=O) groups excluding carboxylic acids is 3. The van der Waals surface area contributed by atoms with Gasteiger partial charge >= 0.3 is 12.0 Å². The lowest BCUT2D eigenvalue weighted by molar-refractivity contribution is -0.120. The van der Waals surface area contributed by atoms with Gasteiger partial charge in [-0.1, -0.05) is 0 Å². The standard InChI is InChI=1S/C9H14N6O4/c1-3-19-8(17)7-12-13-14-15(7)5-4-6(16)11-9(18)10-2/h3-5H2,1-2H3,(H2,10,11,16,18). The molecule has 19 heavy (non-hydrogen) atoms. The highest BCUT2D eigenvalue weighted by atomic mass is 16.5. The van der Waals surface area contributed by atoms with Gasteiger partial charge in [-0.05, 0) is 17.4 Å². The number of hydrogen-bond acceptors (Lipinski definition) is 7. The number of aryl methyl sites for hydroxylation is 1. The van der Waals surface area contributed by atoms with Crippen LogP contribution in [0.25, 0.3) is 0 Å². The van der Waals surface area contributed by atoms with Gasteiger partial charge in [0.25, 0.3) is 5.82 Å². The predicted octanol–water partition coefficient (Wildman–Crippen LogP) is -1.30. The van der Waals surface area contributed by atoms with E-state index in [1.165, 1.54) is 7.05 Å². The smallest absolute Gasteiger partial charge is 0.378 e. The van der Waals surface area contributed by atoms with E-state index >= 15 is 0 Å². The minimum Gasteiger partial charge on any atom is -0.460 e. The molecule has 1 rings (SSSR count). The average Bonchev–Trinajstić information content (AvgIpc) is 2.84. The zero-order valence-corrected chi connectivity index (χ0v) is 10.5. The maximum atomic E-state index is 11.4. The van der Waals surface area contributed by atoms with Crippen molar-refractivity contribution >= 4 is 17.9 Å². The Hall–Kier alpha value is -2.52. The maximum absolute atomic E-state index is 11.4. The van der Waals surface area contributed by atoms with Gasteiger partial charge in [-0.25, -0.2) is 14.3 Å². The molecular formula is C9H14N6O4. The molecule has 0 saturated carbocycles. The summed E-state index contributed by atoms with van der Waals surface area (Å²) in [6.45, 7) is 1.91. The number of hydrogen-bond donors (Lipinski definition) is 2. The number of nitrogens with zero attached hydrogens (tertiary/aromatic N) is 4. The molecule has 3 amide bonds. The SMILES string of the molecule is CCOC(=O)c1nnnn1CCC(=O)NC(=O)NC. The number of tetrazole rings is 1. The Bertz CT molecular complexity index is 471. The van der Waals surface area contributed by atoms with Crippen molar-refractivity contribution in [2.75, 3.05) is 13.7 Å². The minimum atomic E-state index is -0.667. The molecule has 1 aromatic rings. The molecule has 0 aromatic carbocycles. The molecule has 0 unspecified atom stereocenters. The Morgan fingerprint density at radius 2 is 2.11 bits per heavy atom. The second-order valence-corrected chi connectivity index (χ2v) is 3.32. The number of aromatic nitrogens is 4. The third-order valence-corrected chi connectivity index (χ3v) is 2.02. The third kappa shape index (κ3) is 4.33. The van der Waals surface area contributed by atoms with Crippen molar-refractivity contribution in [3.63, 3.8) is 0 Å². The number of nitrogens with one attached hydrogen (secondary N) is 2. The van der Waals surface area contributed by atoms with Crippen LogP contribution < -0.4 is 10.6 Å². The molecule has 104 valence electrons. The number of amides is 3. The molecule has 0 spiro atoms. The number of imide groups is 1. The van der Waals surface area contributed by atoms with Gasteiger partial charge < -0.3 is 10.1 Å². The number of urea groups is 1. The summed E-state index contributed by atoms with van der Waals surface area (Å²) < 4.78 is 5.89. The second kappa shape index (κ2) is 7.03. The van der Waals surface area contributed by atoms with Gasteiger partial charge in [0.1, 0.15) is 0 Å². The summed E-state index contributed by atoms with van der Waals surface area (Å²) in [6, 6.07) is -0.604. The van der Waals surface area contributed by atoms with Crippen molar-refractivity contribution < 1.29 is 19.1 Å². The van der Waals surface area contributed by atoms with E-state index in [0.29, 0.717) is 0 Å². The van der Waals surface area contributed by atoms with E-state index < -0.39 is 17.9 Å². The van der Waals surface area contributed by atoms with Crippen LogP contribution in [0.5, 0.6) is 0 Å². The summed E-state index contributed by atoms with van der Waals surface area (Å²) >= 11 is 0. The number of rotatable bonds is 5. The van der Waals surface area contributed by atoms with E-state index in [4.69, 9.17) is 4.74 Å². The van der Waals surface area contributed by atoms with Gasteiger partial charge in [-0.15, -0.1) is 5.10 Å². The Morgan fingerprint density at radius 3 is 2.74 bits per heavy atom. The van der Waals surface area contributed by atoms with Crippen LogP contribution in [-0.4, -0.2) is 51.8 Å². The van der Waals surface area contributed by atoms with Gasteiger partial charge in [0, 0.05) is 13.5 Å². The third-order valence-electron chi connectivity index (χ3n) is 2.02. The zero-order chi connectivity index (χ0) is 14.3. The summed E-state index contributed by atoms with van der Waals surface area (Å²) in [5.41, 5.74) is 0. The number of ether oxygens (including phenoxy) is 1. The van der Waals surface area contributed by atoms with E-state index in [9.17, 15) is 14.4 Å². The van der Waals surface area contributed by atoms with Crippen molar-refractivity contribution in [3.8, 4) is 0 Å². The Kier molecular flexibility index (Phi) is 5.38. The number of carbonyl (C=O) groups is 3. The summed E-state index contributed by atoms with van der Waals surface area (Å²) in [7, 11) is 1.39. The summed E-state index contributed by atoms with van der Waals surface area (Å²) in [5.74, 6) is -1.27. The van der Waals surface area contributed by atoms with Crippen LogP contribution in [0.3, 0.4) is 0 Å². The van der Waals surface area contributed by atoms with Crippen molar-refractivity contribution in [1.29, 1.82) is 0 Å². The largest absolute Gasteiger partial charge is 0.460 e. The maximum Gasteiger partial charge on any atom is 0.378 e. The monoisotopic (exact) mass is 270 g/mol. The first kappa shape index (κ1) is 14.5. The lowest BCUT2D eigenvalue weighted by Gasteiger charge is -2.04. The molecule has 2 N–H and O–H groups in total. The fourth-order valence-electron chi connectivity index (χ4n) is 1.16. The van der Waals surface area contributed by atoms with E-state index in [0.717, 1.165) is 4.68 Å². The molecule has 1 heterocycles. The van der Waals surface area contributed by atoms with Gasteiger partial charge in [0.05, 0.1) is 13.2 Å². The molecule has 0 aliphatic heterocycles. The molecule has 10 nitrogen and oxygen atoms in total. The zero-order valence-electron chi connectivity index (χ0n) is 10.5. The first-order valence-corrected chi connectivity index (χ1v) is 5.53. The molecule has 0 radical (unpaired) electrons. The molecule has 0 bridgehead atoms. The molecule has 0 atom stereocenters. The first-order chi connectivity index (χ1) is 9.08. The van der Waals surface area contributed by atoms with Crippen molar-refractivity contribution in [2.24, 2.45) is 0 Å². The van der Waals surface area contributed by atoms with Crippen LogP contribution in [0.1, 0.15) is 24.0 Å².